The van der Waals surface area contributed by atoms with Gasteiger partial charge in [-0.1, -0.05) is 42.5 Å². The first-order valence-corrected chi connectivity index (χ1v) is 10.1. The summed E-state index contributed by atoms with van der Waals surface area (Å²) >= 11 is 0. The largest absolute Gasteiger partial charge is 0.467 e. The Hall–Kier alpha value is -3.14. The summed E-state index contributed by atoms with van der Waals surface area (Å²) in [6, 6.07) is 12.9. The summed E-state index contributed by atoms with van der Waals surface area (Å²) < 4.78 is 37.8. The molecule has 2 aromatic carbocycles. The third-order valence-corrected chi connectivity index (χ3v) is 6.03. The summed E-state index contributed by atoms with van der Waals surface area (Å²) in [5.74, 6) is -3.38. The molecule has 0 amide bonds. The molecule has 31 heavy (non-hydrogen) atoms. The molecule has 3 rings (SSSR count). The third kappa shape index (κ3) is 3.83. The molecule has 0 bridgehead atoms. The fourth-order valence-corrected chi connectivity index (χ4v) is 3.77. The SMILES string of the molecule is [B]C1(c2cccc(C(=O)OC)c2)OC(N)=C(OS(=O)(=O)C([B])([B])c2ccccc2)C1=O. The van der Waals surface area contributed by atoms with Gasteiger partial charge >= 0.3 is 16.1 Å². The summed E-state index contributed by atoms with van der Waals surface area (Å²) in [6.45, 7) is 0. The molecular weight excluding hydrogens is 419 g/mol. The maximum absolute atomic E-state index is 13.0. The number of hydrogen-bond donors (Lipinski definition) is 1. The Labute approximate surface area is 183 Å². The maximum Gasteiger partial charge on any atom is 0.337 e. The molecule has 12 heteroatoms. The zero-order valence-corrected chi connectivity index (χ0v) is 17.1. The van der Waals surface area contributed by atoms with Gasteiger partial charge in [-0.3, -0.25) is 4.79 Å². The minimum atomic E-state index is -4.83. The van der Waals surface area contributed by atoms with Gasteiger partial charge in [0.2, 0.25) is 17.4 Å². The van der Waals surface area contributed by atoms with E-state index >= 15 is 0 Å². The number of ether oxygens (including phenoxy) is 2. The topological polar surface area (TPSA) is 122 Å². The van der Waals surface area contributed by atoms with Crippen LogP contribution in [0, 0.1) is 0 Å². The first-order valence-electron chi connectivity index (χ1n) is 8.72. The van der Waals surface area contributed by atoms with E-state index < -0.39 is 43.6 Å². The van der Waals surface area contributed by atoms with Gasteiger partial charge in [0.1, 0.15) is 7.85 Å². The molecule has 0 saturated carbocycles. The van der Waals surface area contributed by atoms with E-state index in [9.17, 15) is 18.0 Å². The van der Waals surface area contributed by atoms with E-state index in [0.717, 1.165) is 0 Å². The predicted molar refractivity (Wildman–Crippen MR) is 112 cm³/mol. The van der Waals surface area contributed by atoms with Gasteiger partial charge in [-0.2, -0.15) is 8.42 Å². The van der Waals surface area contributed by atoms with Gasteiger partial charge in [0.05, 0.1) is 32.9 Å². The Morgan fingerprint density at radius 1 is 1.13 bits per heavy atom. The number of carbonyl (C=O) groups excluding carboxylic acids is 2. The molecule has 6 radical (unpaired) electrons. The van der Waals surface area contributed by atoms with Crippen molar-refractivity contribution in [2.24, 2.45) is 5.73 Å². The Morgan fingerprint density at radius 2 is 1.77 bits per heavy atom. The highest BCUT2D eigenvalue weighted by molar-refractivity contribution is 7.90. The molecule has 0 saturated heterocycles. The van der Waals surface area contributed by atoms with Gasteiger partial charge < -0.3 is 19.4 Å². The van der Waals surface area contributed by atoms with Crippen LogP contribution < -0.4 is 5.73 Å². The Bertz CT molecular complexity index is 1180. The van der Waals surface area contributed by atoms with Crippen LogP contribution in [-0.2, 0) is 38.6 Å². The monoisotopic (exact) mass is 433 g/mol. The lowest BCUT2D eigenvalue weighted by atomic mass is 9.65. The van der Waals surface area contributed by atoms with Crippen LogP contribution in [0.2, 0.25) is 0 Å². The van der Waals surface area contributed by atoms with E-state index in [2.05, 4.69) is 4.74 Å². The molecular formula is C19H14B3NO7S. The number of benzene rings is 2. The molecule has 1 aliphatic heterocycles. The minimum Gasteiger partial charge on any atom is -0.467 e. The summed E-state index contributed by atoms with van der Waals surface area (Å²) in [6.07, 6.45) is 0. The van der Waals surface area contributed by atoms with Crippen LogP contribution in [0.3, 0.4) is 0 Å². The standard InChI is InChI=1S/C19H14B3NO7S/c1-28-17(25)11-6-5-9-13(10-11)18(20)15(24)14(16(23)29-18)30-31(26,27)19(21,22)12-7-3-2-4-8-12/h2-10H,23H2,1H3. The van der Waals surface area contributed by atoms with Gasteiger partial charge in [0.25, 0.3) is 0 Å². The molecule has 8 nitrogen and oxygen atoms in total. The average molecular weight is 433 g/mol. The minimum absolute atomic E-state index is 0.00493. The second kappa shape index (κ2) is 7.84. The number of methoxy groups -OCH3 is 1. The van der Waals surface area contributed by atoms with Crippen molar-refractivity contribution in [1.82, 2.24) is 0 Å². The van der Waals surface area contributed by atoms with Gasteiger partial charge in [0.15, 0.2) is 5.50 Å². The number of nitrogens with two attached hydrogens (primary N) is 1. The van der Waals surface area contributed by atoms with Crippen LogP contribution in [0.25, 0.3) is 0 Å². The first kappa shape index (κ1) is 22.5. The van der Waals surface area contributed by atoms with Crippen molar-refractivity contribution >= 4 is 45.4 Å². The molecule has 0 aliphatic carbocycles. The second-order valence-corrected chi connectivity index (χ2v) is 8.38. The molecule has 1 heterocycles. The van der Waals surface area contributed by atoms with Gasteiger partial charge in [-0.05, 0) is 23.3 Å². The number of rotatable bonds is 6. The van der Waals surface area contributed by atoms with Crippen LogP contribution in [0.1, 0.15) is 21.5 Å². The normalized spacial score (nSPS) is 19.1. The van der Waals surface area contributed by atoms with Gasteiger partial charge in [-0.15, -0.1) is 0 Å². The van der Waals surface area contributed by atoms with Crippen LogP contribution in [-0.4, -0.2) is 50.8 Å². The molecule has 1 unspecified atom stereocenters. The number of carbonyl (C=O) groups is 2. The Balaban J connectivity index is 1.94. The van der Waals surface area contributed by atoms with Gasteiger partial charge in [-0.25, -0.2) is 4.79 Å². The summed E-state index contributed by atoms with van der Waals surface area (Å²) in [5.41, 5.74) is 3.53. The van der Waals surface area contributed by atoms with Crippen molar-refractivity contribution in [1.29, 1.82) is 0 Å². The van der Waals surface area contributed by atoms with Crippen LogP contribution in [0.15, 0.2) is 66.2 Å². The molecule has 0 spiro atoms. The van der Waals surface area contributed by atoms with E-state index in [-0.39, 0.29) is 16.7 Å². The summed E-state index contributed by atoms with van der Waals surface area (Å²) in [4.78, 5) is 24.7. The lowest BCUT2D eigenvalue weighted by Gasteiger charge is -2.26. The number of hydrogen-bond acceptors (Lipinski definition) is 8. The van der Waals surface area contributed by atoms with E-state index in [1.165, 1.54) is 55.6 Å². The van der Waals surface area contributed by atoms with Crippen molar-refractivity contribution in [3.63, 3.8) is 0 Å². The van der Waals surface area contributed by atoms with Crippen LogP contribution in [0.4, 0.5) is 0 Å². The molecule has 152 valence electrons. The van der Waals surface area contributed by atoms with Crippen molar-refractivity contribution in [3.05, 3.63) is 82.9 Å². The van der Waals surface area contributed by atoms with E-state index in [4.69, 9.17) is 38.2 Å². The molecule has 2 N–H and O–H groups in total. The second-order valence-electron chi connectivity index (χ2n) is 6.63. The first-order chi connectivity index (χ1) is 14.4. The zero-order valence-electron chi connectivity index (χ0n) is 16.3. The predicted octanol–water partition coefficient (Wildman–Crippen LogP) is 0.0155. The van der Waals surface area contributed by atoms with Gasteiger partial charge in [0, 0.05) is 0 Å². The quantitative estimate of drug-likeness (QED) is 0.385. The highest BCUT2D eigenvalue weighted by Gasteiger charge is 2.50. The highest BCUT2D eigenvalue weighted by Crippen LogP contribution is 2.38. The lowest BCUT2D eigenvalue weighted by molar-refractivity contribution is -0.126. The van der Waals surface area contributed by atoms with E-state index in [0.29, 0.717) is 0 Å². The van der Waals surface area contributed by atoms with Crippen molar-refractivity contribution < 1.29 is 31.7 Å². The van der Waals surface area contributed by atoms with Crippen LogP contribution in [0.5, 0.6) is 0 Å². The molecule has 0 fully saturated rings. The summed E-state index contributed by atoms with van der Waals surface area (Å²) in [5, 5.41) is 0. The maximum atomic E-state index is 13.0. The molecule has 2 aromatic rings. The van der Waals surface area contributed by atoms with Crippen molar-refractivity contribution in [2.75, 3.05) is 7.11 Å². The fraction of sp³-hybridized carbons (Fsp3) is 0.158. The lowest BCUT2D eigenvalue weighted by Crippen LogP contribution is -2.40. The summed E-state index contributed by atoms with van der Waals surface area (Å²) in [7, 11) is 14.0. The average Bonchev–Trinajstić information content (AvgIpc) is 2.97. The third-order valence-electron chi connectivity index (χ3n) is 4.58. The fourth-order valence-electron chi connectivity index (χ4n) is 2.83. The van der Waals surface area contributed by atoms with Crippen molar-refractivity contribution in [3.8, 4) is 0 Å². The van der Waals surface area contributed by atoms with E-state index in [1.807, 2.05) is 0 Å². The molecule has 0 aromatic heterocycles. The Kier molecular flexibility index (Phi) is 5.71. The number of Topliss-reactive ketones (excluding diaryl/α,β-unsaturated/α-hetero) is 1. The van der Waals surface area contributed by atoms with Crippen LogP contribution >= 0.6 is 0 Å². The highest BCUT2D eigenvalue weighted by atomic mass is 32.2. The van der Waals surface area contributed by atoms with E-state index in [1.54, 1.807) is 6.07 Å². The zero-order chi connectivity index (χ0) is 23.0. The Morgan fingerprint density at radius 3 is 2.39 bits per heavy atom. The smallest absolute Gasteiger partial charge is 0.337 e. The van der Waals surface area contributed by atoms with Crippen molar-refractivity contribution in [2.45, 2.75) is 10.0 Å². The molecule has 1 atom stereocenters. The number of esters is 1. The number of ketones is 1. The molecule has 1 aliphatic rings.